The Balaban J connectivity index is 2.02. The van der Waals surface area contributed by atoms with Crippen LogP contribution < -0.4 is 5.32 Å². The highest BCUT2D eigenvalue weighted by Gasteiger charge is 2.65. The first-order valence-electron chi connectivity index (χ1n) is 6.53. The maximum atomic E-state index is 12.8. The molecule has 108 valence electrons. The van der Waals surface area contributed by atoms with Gasteiger partial charge < -0.3 is 10.4 Å². The van der Waals surface area contributed by atoms with Gasteiger partial charge in [0.15, 0.2) is 0 Å². The van der Waals surface area contributed by atoms with Crippen LogP contribution in [0.5, 0.6) is 0 Å². The summed E-state index contributed by atoms with van der Waals surface area (Å²) in [6, 6.07) is 5.59. The Morgan fingerprint density at radius 1 is 1.25 bits per heavy atom. The van der Waals surface area contributed by atoms with Crippen LogP contribution in [0.1, 0.15) is 32.4 Å². The van der Waals surface area contributed by atoms with Gasteiger partial charge >= 0.3 is 5.97 Å². The van der Waals surface area contributed by atoms with Crippen molar-refractivity contribution >= 4 is 11.9 Å². The summed E-state index contributed by atoms with van der Waals surface area (Å²) in [5.74, 6) is -2.68. The van der Waals surface area contributed by atoms with E-state index in [2.05, 4.69) is 5.32 Å². The van der Waals surface area contributed by atoms with Gasteiger partial charge in [-0.2, -0.15) is 0 Å². The maximum absolute atomic E-state index is 12.8. The topological polar surface area (TPSA) is 66.4 Å². The fraction of sp³-hybridized carbons (Fsp3) is 0.467. The minimum Gasteiger partial charge on any atom is -0.481 e. The lowest BCUT2D eigenvalue weighted by Gasteiger charge is -2.15. The monoisotopic (exact) mass is 279 g/mol. The molecule has 4 nitrogen and oxygen atoms in total. The number of nitrogens with one attached hydrogen (secondary N) is 1. The fourth-order valence-corrected chi connectivity index (χ4v) is 2.73. The van der Waals surface area contributed by atoms with E-state index in [1.165, 1.54) is 12.1 Å². The van der Waals surface area contributed by atoms with E-state index in [0.29, 0.717) is 0 Å². The summed E-state index contributed by atoms with van der Waals surface area (Å²) >= 11 is 0. The van der Waals surface area contributed by atoms with Gasteiger partial charge in [0.25, 0.3) is 0 Å². The molecule has 1 amide bonds. The molecule has 1 aromatic rings. The minimum atomic E-state index is -0.940. The lowest BCUT2D eigenvalue weighted by molar-refractivity contribution is -0.140. The van der Waals surface area contributed by atoms with Crippen molar-refractivity contribution in [2.45, 2.75) is 26.8 Å². The molecule has 1 aromatic carbocycles. The molecule has 2 N–H and O–H groups in total. The standard InChI is InChI=1S/C15H18FNO3/c1-8(9-4-6-10(16)7-5-9)17-13(18)11-12(14(19)20)15(11,2)3/h4-8,11-12H,1-3H3,(H,17,18)(H,19,20)/t8-,11+,12-/m0/s1. The normalized spacial score (nSPS) is 24.8. The molecule has 0 aliphatic heterocycles. The summed E-state index contributed by atoms with van der Waals surface area (Å²) < 4.78 is 12.8. The van der Waals surface area contributed by atoms with Crippen molar-refractivity contribution in [3.05, 3.63) is 35.6 Å². The van der Waals surface area contributed by atoms with Crippen molar-refractivity contribution in [3.8, 4) is 0 Å². The molecule has 1 saturated carbocycles. The van der Waals surface area contributed by atoms with Crippen LogP contribution in [0.15, 0.2) is 24.3 Å². The largest absolute Gasteiger partial charge is 0.481 e. The molecule has 20 heavy (non-hydrogen) atoms. The molecule has 0 aromatic heterocycles. The van der Waals surface area contributed by atoms with E-state index in [9.17, 15) is 14.0 Å². The van der Waals surface area contributed by atoms with E-state index in [0.717, 1.165) is 5.56 Å². The molecular weight excluding hydrogens is 261 g/mol. The predicted molar refractivity (Wildman–Crippen MR) is 71.4 cm³/mol. The molecular formula is C15H18FNO3. The van der Waals surface area contributed by atoms with Crippen LogP contribution in [-0.2, 0) is 9.59 Å². The lowest BCUT2D eigenvalue weighted by atomic mass is 10.1. The minimum absolute atomic E-state index is 0.265. The van der Waals surface area contributed by atoms with Crippen molar-refractivity contribution in [2.75, 3.05) is 0 Å². The maximum Gasteiger partial charge on any atom is 0.307 e. The molecule has 3 atom stereocenters. The molecule has 0 saturated heterocycles. The Morgan fingerprint density at radius 3 is 2.25 bits per heavy atom. The van der Waals surface area contributed by atoms with Crippen molar-refractivity contribution < 1.29 is 19.1 Å². The number of hydrogen-bond acceptors (Lipinski definition) is 2. The van der Waals surface area contributed by atoms with Crippen LogP contribution >= 0.6 is 0 Å². The molecule has 0 radical (unpaired) electrons. The van der Waals surface area contributed by atoms with Crippen LogP contribution in [0.2, 0.25) is 0 Å². The first kappa shape index (κ1) is 14.5. The lowest BCUT2D eigenvalue weighted by Crippen LogP contribution is -2.30. The highest BCUT2D eigenvalue weighted by atomic mass is 19.1. The van der Waals surface area contributed by atoms with Gasteiger partial charge in [-0.15, -0.1) is 0 Å². The molecule has 2 rings (SSSR count). The molecule has 5 heteroatoms. The van der Waals surface area contributed by atoms with Crippen LogP contribution in [-0.4, -0.2) is 17.0 Å². The Labute approximate surface area is 117 Å². The number of halogens is 1. The van der Waals surface area contributed by atoms with Crippen LogP contribution in [0.3, 0.4) is 0 Å². The average Bonchev–Trinajstić information content (AvgIpc) is 2.93. The fourth-order valence-electron chi connectivity index (χ4n) is 2.73. The first-order valence-corrected chi connectivity index (χ1v) is 6.53. The zero-order valence-corrected chi connectivity index (χ0v) is 11.7. The summed E-state index contributed by atoms with van der Waals surface area (Å²) in [7, 11) is 0. The number of carboxylic acid groups (broad SMARTS) is 1. The van der Waals surface area contributed by atoms with Gasteiger partial charge in [0, 0.05) is 0 Å². The average molecular weight is 279 g/mol. The second kappa shape index (κ2) is 4.89. The number of carboxylic acids is 1. The number of benzene rings is 1. The molecule has 1 fully saturated rings. The van der Waals surface area contributed by atoms with E-state index < -0.39 is 23.2 Å². The molecule has 0 bridgehead atoms. The second-order valence-electron chi connectivity index (χ2n) is 5.90. The third-order valence-electron chi connectivity index (χ3n) is 4.10. The predicted octanol–water partition coefficient (Wildman–Crippen LogP) is 2.36. The molecule has 0 spiro atoms. The van der Waals surface area contributed by atoms with Crippen molar-refractivity contribution in [1.82, 2.24) is 5.32 Å². The first-order chi connectivity index (χ1) is 9.25. The molecule has 1 aliphatic rings. The van der Waals surface area contributed by atoms with E-state index in [4.69, 9.17) is 5.11 Å². The summed E-state index contributed by atoms with van der Waals surface area (Å²) in [6.07, 6.45) is 0. The van der Waals surface area contributed by atoms with Gasteiger partial charge in [-0.1, -0.05) is 26.0 Å². The van der Waals surface area contributed by atoms with E-state index in [-0.39, 0.29) is 17.8 Å². The molecule has 0 unspecified atom stereocenters. The summed E-state index contributed by atoms with van der Waals surface area (Å²) in [4.78, 5) is 23.2. The summed E-state index contributed by atoms with van der Waals surface area (Å²) in [5.41, 5.74) is 0.267. The Bertz CT molecular complexity index is 539. The van der Waals surface area contributed by atoms with Gasteiger partial charge in [-0.25, -0.2) is 4.39 Å². The number of aliphatic carboxylic acids is 1. The van der Waals surface area contributed by atoms with Gasteiger partial charge in [-0.05, 0) is 30.0 Å². The number of amides is 1. The number of carbonyl (C=O) groups is 2. The summed E-state index contributed by atoms with van der Waals surface area (Å²) in [6.45, 7) is 5.34. The van der Waals surface area contributed by atoms with Crippen molar-refractivity contribution in [3.63, 3.8) is 0 Å². The van der Waals surface area contributed by atoms with Gasteiger partial charge in [0.05, 0.1) is 17.9 Å². The molecule has 1 aliphatic carbocycles. The Morgan fingerprint density at radius 2 is 1.80 bits per heavy atom. The number of hydrogen-bond donors (Lipinski definition) is 2. The van der Waals surface area contributed by atoms with Gasteiger partial charge in [0.1, 0.15) is 5.82 Å². The Kier molecular flexibility index (Phi) is 3.54. The number of carbonyl (C=O) groups excluding carboxylic acids is 1. The van der Waals surface area contributed by atoms with Crippen molar-refractivity contribution in [1.29, 1.82) is 0 Å². The van der Waals surface area contributed by atoms with E-state index in [1.807, 2.05) is 0 Å². The van der Waals surface area contributed by atoms with Crippen LogP contribution in [0, 0.1) is 23.1 Å². The SMILES string of the molecule is C[C@H](NC(=O)[C@H]1[C@@H](C(=O)O)C1(C)C)c1ccc(F)cc1. The van der Waals surface area contributed by atoms with E-state index in [1.54, 1.807) is 32.9 Å². The van der Waals surface area contributed by atoms with Gasteiger partial charge in [-0.3, -0.25) is 9.59 Å². The Hall–Kier alpha value is -1.91. The highest BCUT2D eigenvalue weighted by Crippen LogP contribution is 2.58. The zero-order valence-electron chi connectivity index (χ0n) is 11.7. The van der Waals surface area contributed by atoms with E-state index >= 15 is 0 Å². The second-order valence-corrected chi connectivity index (χ2v) is 5.90. The highest BCUT2D eigenvalue weighted by molar-refractivity contribution is 5.91. The van der Waals surface area contributed by atoms with Crippen LogP contribution in [0.4, 0.5) is 4.39 Å². The zero-order chi connectivity index (χ0) is 15.1. The quantitative estimate of drug-likeness (QED) is 0.889. The van der Waals surface area contributed by atoms with Gasteiger partial charge in [0.2, 0.25) is 5.91 Å². The smallest absolute Gasteiger partial charge is 0.307 e. The van der Waals surface area contributed by atoms with Crippen LogP contribution in [0.25, 0.3) is 0 Å². The third kappa shape index (κ3) is 2.53. The molecule has 0 heterocycles. The summed E-state index contributed by atoms with van der Waals surface area (Å²) in [5, 5.41) is 11.9. The number of rotatable bonds is 4. The third-order valence-corrected chi connectivity index (χ3v) is 4.10. The van der Waals surface area contributed by atoms with Crippen molar-refractivity contribution in [2.24, 2.45) is 17.3 Å².